The highest BCUT2D eigenvalue weighted by Gasteiger charge is 2.17. The minimum absolute atomic E-state index is 0.297. The Hall–Kier alpha value is -1.28. The molecular formula is C12H15NO. The zero-order valence-corrected chi connectivity index (χ0v) is 8.11. The third kappa shape index (κ3) is 1.96. The summed E-state index contributed by atoms with van der Waals surface area (Å²) in [6, 6.07) is 5.51. The number of phenolic OH excluding ortho intramolecular Hbond substituents is 1. The lowest BCUT2D eigenvalue weighted by Gasteiger charge is -2.05. The monoisotopic (exact) mass is 189 g/mol. The summed E-state index contributed by atoms with van der Waals surface area (Å²) < 4.78 is 0. The van der Waals surface area contributed by atoms with E-state index in [9.17, 15) is 5.11 Å². The van der Waals surface area contributed by atoms with Crippen LogP contribution in [0, 0.1) is 5.92 Å². The lowest BCUT2D eigenvalue weighted by atomic mass is 10.1. The highest BCUT2D eigenvalue weighted by Crippen LogP contribution is 2.31. The number of allylic oxidation sites excluding steroid dienone is 1. The molecule has 1 fully saturated rings. The molecule has 0 amide bonds. The molecule has 2 nitrogen and oxygen atoms in total. The van der Waals surface area contributed by atoms with Crippen LogP contribution in [0.4, 0.5) is 0 Å². The maximum Gasteiger partial charge on any atom is 0.120 e. The number of nitrogens with two attached hydrogens (primary N) is 1. The standard InChI is InChI=1S/C12H15NO/c13-8-11-10(2-1-3-12(11)14)7-6-9-4-5-9/h1-3,6-7,9,14H,4-5,8,13H2/b7-6+. The zero-order chi connectivity index (χ0) is 9.97. The quantitative estimate of drug-likeness (QED) is 0.766. The first-order chi connectivity index (χ1) is 6.81. The molecule has 0 radical (unpaired) electrons. The Labute approximate surface area is 84.1 Å². The van der Waals surface area contributed by atoms with Crippen LogP contribution in [-0.4, -0.2) is 5.11 Å². The molecule has 1 aromatic rings. The SMILES string of the molecule is NCc1c(O)cccc1/C=C/C1CC1. The van der Waals surface area contributed by atoms with Crippen LogP contribution < -0.4 is 5.73 Å². The molecule has 0 unspecified atom stereocenters. The maximum atomic E-state index is 9.56. The number of hydrogen-bond acceptors (Lipinski definition) is 2. The third-order valence-electron chi connectivity index (χ3n) is 2.56. The molecule has 2 heteroatoms. The summed E-state index contributed by atoms with van der Waals surface area (Å²) in [5, 5.41) is 9.56. The zero-order valence-electron chi connectivity index (χ0n) is 8.11. The Balaban J connectivity index is 2.26. The number of phenols is 1. The smallest absolute Gasteiger partial charge is 0.120 e. The van der Waals surface area contributed by atoms with Crippen molar-refractivity contribution in [1.29, 1.82) is 0 Å². The van der Waals surface area contributed by atoms with Crippen molar-refractivity contribution in [2.75, 3.05) is 0 Å². The Morgan fingerprint density at radius 3 is 2.86 bits per heavy atom. The molecule has 0 spiro atoms. The van der Waals surface area contributed by atoms with Gasteiger partial charge in [-0.2, -0.15) is 0 Å². The number of aromatic hydroxyl groups is 1. The van der Waals surface area contributed by atoms with E-state index < -0.39 is 0 Å². The summed E-state index contributed by atoms with van der Waals surface area (Å²) in [4.78, 5) is 0. The van der Waals surface area contributed by atoms with Gasteiger partial charge in [0.15, 0.2) is 0 Å². The predicted molar refractivity (Wildman–Crippen MR) is 57.8 cm³/mol. The van der Waals surface area contributed by atoms with E-state index in [1.165, 1.54) is 12.8 Å². The molecule has 0 heterocycles. The van der Waals surface area contributed by atoms with Crippen molar-refractivity contribution in [3.63, 3.8) is 0 Å². The normalized spacial score (nSPS) is 16.4. The number of rotatable bonds is 3. The molecule has 0 saturated heterocycles. The third-order valence-corrected chi connectivity index (χ3v) is 2.56. The van der Waals surface area contributed by atoms with Crippen molar-refractivity contribution in [2.45, 2.75) is 19.4 Å². The highest BCUT2D eigenvalue weighted by atomic mass is 16.3. The van der Waals surface area contributed by atoms with Gasteiger partial charge in [-0.15, -0.1) is 0 Å². The lowest BCUT2D eigenvalue weighted by Crippen LogP contribution is -1.99. The van der Waals surface area contributed by atoms with E-state index in [2.05, 4.69) is 12.2 Å². The van der Waals surface area contributed by atoms with Crippen molar-refractivity contribution in [1.82, 2.24) is 0 Å². The summed E-state index contributed by atoms with van der Waals surface area (Å²) in [5.41, 5.74) is 7.46. The van der Waals surface area contributed by atoms with Crippen molar-refractivity contribution in [3.8, 4) is 5.75 Å². The average molecular weight is 189 g/mol. The van der Waals surface area contributed by atoms with Crippen LogP contribution in [0.5, 0.6) is 5.75 Å². The lowest BCUT2D eigenvalue weighted by molar-refractivity contribution is 0.468. The van der Waals surface area contributed by atoms with Crippen molar-refractivity contribution < 1.29 is 5.11 Å². The van der Waals surface area contributed by atoms with Gasteiger partial charge >= 0.3 is 0 Å². The van der Waals surface area contributed by atoms with E-state index in [0.717, 1.165) is 17.0 Å². The molecule has 74 valence electrons. The van der Waals surface area contributed by atoms with E-state index in [0.29, 0.717) is 12.3 Å². The van der Waals surface area contributed by atoms with Crippen LogP contribution in [-0.2, 0) is 6.54 Å². The van der Waals surface area contributed by atoms with Gasteiger partial charge in [-0.25, -0.2) is 0 Å². The Bertz CT molecular complexity index is 353. The van der Waals surface area contributed by atoms with Gasteiger partial charge in [-0.05, 0) is 30.4 Å². The van der Waals surface area contributed by atoms with Gasteiger partial charge in [0.05, 0.1) is 0 Å². The van der Waals surface area contributed by atoms with Crippen LogP contribution in [0.3, 0.4) is 0 Å². The molecule has 2 rings (SSSR count). The second-order valence-corrected chi connectivity index (χ2v) is 3.75. The molecule has 0 aromatic heterocycles. The minimum atomic E-state index is 0.297. The minimum Gasteiger partial charge on any atom is -0.508 e. The molecule has 0 atom stereocenters. The first-order valence-corrected chi connectivity index (χ1v) is 5.00. The average Bonchev–Trinajstić information content (AvgIpc) is 2.98. The van der Waals surface area contributed by atoms with Gasteiger partial charge in [0.1, 0.15) is 5.75 Å². The fraction of sp³-hybridized carbons (Fsp3) is 0.333. The van der Waals surface area contributed by atoms with Gasteiger partial charge in [0.2, 0.25) is 0 Å². The fourth-order valence-corrected chi connectivity index (χ4v) is 1.50. The van der Waals surface area contributed by atoms with Crippen LogP contribution in [0.25, 0.3) is 6.08 Å². The van der Waals surface area contributed by atoms with E-state index in [4.69, 9.17) is 5.73 Å². The molecule has 14 heavy (non-hydrogen) atoms. The summed E-state index contributed by atoms with van der Waals surface area (Å²) in [5.74, 6) is 1.05. The van der Waals surface area contributed by atoms with Crippen molar-refractivity contribution >= 4 is 6.08 Å². The number of benzene rings is 1. The molecule has 0 bridgehead atoms. The first kappa shape index (κ1) is 9.28. The van der Waals surface area contributed by atoms with Gasteiger partial charge < -0.3 is 10.8 Å². The molecule has 1 aromatic carbocycles. The maximum absolute atomic E-state index is 9.56. The molecule has 1 saturated carbocycles. The summed E-state index contributed by atoms with van der Waals surface area (Å²) in [6.45, 7) is 0.386. The van der Waals surface area contributed by atoms with Crippen molar-refractivity contribution in [2.24, 2.45) is 11.7 Å². The number of hydrogen-bond donors (Lipinski definition) is 2. The van der Waals surface area contributed by atoms with E-state index in [1.807, 2.05) is 12.1 Å². The predicted octanol–water partition coefficient (Wildman–Crippen LogP) is 2.27. The highest BCUT2D eigenvalue weighted by molar-refractivity contribution is 5.58. The van der Waals surface area contributed by atoms with E-state index >= 15 is 0 Å². The van der Waals surface area contributed by atoms with Crippen molar-refractivity contribution in [3.05, 3.63) is 35.4 Å². The second kappa shape index (κ2) is 3.84. The Kier molecular flexibility index (Phi) is 2.55. The topological polar surface area (TPSA) is 46.2 Å². The summed E-state index contributed by atoms with van der Waals surface area (Å²) >= 11 is 0. The van der Waals surface area contributed by atoms with Gasteiger partial charge in [-0.3, -0.25) is 0 Å². The molecule has 1 aliphatic rings. The largest absolute Gasteiger partial charge is 0.508 e. The Morgan fingerprint density at radius 2 is 2.21 bits per heavy atom. The van der Waals surface area contributed by atoms with Gasteiger partial charge in [0, 0.05) is 12.1 Å². The molecule has 3 N–H and O–H groups in total. The summed E-state index contributed by atoms with van der Waals surface area (Å²) in [7, 11) is 0. The van der Waals surface area contributed by atoms with Gasteiger partial charge in [-0.1, -0.05) is 24.3 Å². The van der Waals surface area contributed by atoms with E-state index in [-0.39, 0.29) is 0 Å². The van der Waals surface area contributed by atoms with Gasteiger partial charge in [0.25, 0.3) is 0 Å². The Morgan fingerprint density at radius 1 is 1.43 bits per heavy atom. The first-order valence-electron chi connectivity index (χ1n) is 5.00. The van der Waals surface area contributed by atoms with E-state index in [1.54, 1.807) is 6.07 Å². The molecule has 0 aliphatic heterocycles. The molecular weight excluding hydrogens is 174 g/mol. The fourth-order valence-electron chi connectivity index (χ4n) is 1.50. The second-order valence-electron chi connectivity index (χ2n) is 3.75. The van der Waals surface area contributed by atoms with Crippen LogP contribution in [0.1, 0.15) is 24.0 Å². The molecule has 1 aliphatic carbocycles. The summed E-state index contributed by atoms with van der Waals surface area (Å²) in [6.07, 6.45) is 6.87. The van der Waals surface area contributed by atoms with Crippen LogP contribution >= 0.6 is 0 Å². The van der Waals surface area contributed by atoms with Crippen LogP contribution in [0.2, 0.25) is 0 Å². The van der Waals surface area contributed by atoms with Crippen LogP contribution in [0.15, 0.2) is 24.3 Å².